The third-order valence-corrected chi connectivity index (χ3v) is 3.56. The number of rotatable bonds is 3. The highest BCUT2D eigenvalue weighted by Crippen LogP contribution is 2.29. The third-order valence-electron chi connectivity index (χ3n) is 3.56. The molecule has 19 heavy (non-hydrogen) atoms. The van der Waals surface area contributed by atoms with Crippen molar-refractivity contribution in [3.8, 4) is 0 Å². The maximum atomic E-state index is 11.6. The van der Waals surface area contributed by atoms with Gasteiger partial charge in [0.15, 0.2) is 0 Å². The number of carboxylic acid groups (broad SMARTS) is 1. The van der Waals surface area contributed by atoms with Crippen LogP contribution in [0.15, 0.2) is 30.5 Å². The van der Waals surface area contributed by atoms with Gasteiger partial charge in [0.1, 0.15) is 6.04 Å². The van der Waals surface area contributed by atoms with Crippen molar-refractivity contribution in [3.63, 3.8) is 0 Å². The lowest BCUT2D eigenvalue weighted by molar-refractivity contribution is -0.145. The number of nitrogens with zero attached hydrogens (tertiary/aromatic N) is 1. The monoisotopic (exact) mass is 260 g/mol. The van der Waals surface area contributed by atoms with E-state index >= 15 is 0 Å². The van der Waals surface area contributed by atoms with Crippen molar-refractivity contribution in [1.29, 1.82) is 0 Å². The Morgan fingerprint density at radius 1 is 1.32 bits per heavy atom. The minimum absolute atomic E-state index is 0.589. The van der Waals surface area contributed by atoms with Gasteiger partial charge >= 0.3 is 5.97 Å². The molecule has 0 unspecified atom stereocenters. The Labute approximate surface area is 110 Å². The molecule has 0 radical (unpaired) electrons. The maximum absolute atomic E-state index is 11.6. The molecule has 1 aromatic carbocycles. The number of morpholine rings is 1. The lowest BCUT2D eigenvalue weighted by Gasteiger charge is -2.31. The van der Waals surface area contributed by atoms with Gasteiger partial charge in [-0.1, -0.05) is 18.2 Å². The van der Waals surface area contributed by atoms with Crippen molar-refractivity contribution in [2.24, 2.45) is 0 Å². The molecule has 5 nitrogen and oxygen atoms in total. The summed E-state index contributed by atoms with van der Waals surface area (Å²) >= 11 is 0. The molecule has 1 atom stereocenters. The molecule has 2 aromatic rings. The number of carbonyl (C=O) groups is 1. The first-order valence-corrected chi connectivity index (χ1v) is 6.38. The van der Waals surface area contributed by atoms with E-state index in [2.05, 4.69) is 4.98 Å². The topological polar surface area (TPSA) is 65.6 Å². The number of ether oxygens (including phenoxy) is 1. The second-order valence-corrected chi connectivity index (χ2v) is 4.68. The summed E-state index contributed by atoms with van der Waals surface area (Å²) in [5, 5.41) is 10.5. The van der Waals surface area contributed by atoms with Gasteiger partial charge in [0.25, 0.3) is 0 Å². The number of aromatic nitrogens is 1. The first-order chi connectivity index (χ1) is 9.27. The minimum Gasteiger partial charge on any atom is -0.480 e. The molecule has 5 heteroatoms. The Kier molecular flexibility index (Phi) is 3.23. The fraction of sp³-hybridized carbons (Fsp3) is 0.357. The first-order valence-electron chi connectivity index (χ1n) is 6.38. The number of carboxylic acids is 1. The molecule has 1 aromatic heterocycles. The highest BCUT2D eigenvalue weighted by molar-refractivity contribution is 5.89. The molecule has 0 spiro atoms. The minimum atomic E-state index is -0.813. The number of aliphatic carboxylic acids is 1. The van der Waals surface area contributed by atoms with Crippen LogP contribution < -0.4 is 0 Å². The van der Waals surface area contributed by atoms with E-state index in [9.17, 15) is 9.90 Å². The highest BCUT2D eigenvalue weighted by atomic mass is 16.5. The Bertz CT molecular complexity index is 587. The van der Waals surface area contributed by atoms with Gasteiger partial charge < -0.3 is 14.8 Å². The van der Waals surface area contributed by atoms with Crippen LogP contribution in [0.3, 0.4) is 0 Å². The molecule has 0 bridgehead atoms. The molecular formula is C14H16N2O3. The number of fused-ring (bicyclic) bond motifs is 1. The summed E-state index contributed by atoms with van der Waals surface area (Å²) in [4.78, 5) is 16.7. The van der Waals surface area contributed by atoms with E-state index in [4.69, 9.17) is 4.74 Å². The van der Waals surface area contributed by atoms with Crippen LogP contribution in [-0.2, 0) is 9.53 Å². The molecule has 100 valence electrons. The predicted octanol–water partition coefficient (Wildman–Crippen LogP) is 1.63. The second-order valence-electron chi connectivity index (χ2n) is 4.68. The van der Waals surface area contributed by atoms with Crippen LogP contribution in [0.5, 0.6) is 0 Å². The van der Waals surface area contributed by atoms with Crippen LogP contribution in [-0.4, -0.2) is 47.3 Å². The number of para-hydroxylation sites is 1. The van der Waals surface area contributed by atoms with Gasteiger partial charge in [-0.05, 0) is 6.07 Å². The maximum Gasteiger partial charge on any atom is 0.325 e. The summed E-state index contributed by atoms with van der Waals surface area (Å²) in [6, 6.07) is 7.17. The SMILES string of the molecule is O=C(O)[C@@H](c1c[nH]c2ccccc12)N1CCOCC1. The van der Waals surface area contributed by atoms with Gasteiger partial charge in [-0.15, -0.1) is 0 Å². The fourth-order valence-electron chi connectivity index (χ4n) is 2.64. The molecule has 0 aliphatic carbocycles. The molecule has 0 amide bonds. The van der Waals surface area contributed by atoms with Gasteiger partial charge in [-0.3, -0.25) is 9.69 Å². The van der Waals surface area contributed by atoms with Gasteiger partial charge in [0.05, 0.1) is 13.2 Å². The standard InChI is InChI=1S/C14H16N2O3/c17-14(18)13(16-5-7-19-8-6-16)11-9-15-12-4-2-1-3-10(11)12/h1-4,9,13,15H,5-8H2,(H,17,18)/t13-/m1/s1. The molecule has 0 saturated carbocycles. The Hall–Kier alpha value is -1.85. The van der Waals surface area contributed by atoms with Gasteiger partial charge in [0, 0.05) is 35.8 Å². The van der Waals surface area contributed by atoms with Gasteiger partial charge in [-0.25, -0.2) is 0 Å². The summed E-state index contributed by atoms with van der Waals surface area (Å²) in [5.41, 5.74) is 1.79. The van der Waals surface area contributed by atoms with E-state index in [0.717, 1.165) is 16.5 Å². The van der Waals surface area contributed by atoms with Crippen LogP contribution >= 0.6 is 0 Å². The Balaban J connectivity index is 2.01. The van der Waals surface area contributed by atoms with Crippen LogP contribution in [0.25, 0.3) is 10.9 Å². The van der Waals surface area contributed by atoms with Crippen molar-refractivity contribution in [3.05, 3.63) is 36.0 Å². The molecule has 1 aliphatic heterocycles. The van der Waals surface area contributed by atoms with E-state index in [0.29, 0.717) is 26.3 Å². The number of aromatic amines is 1. The largest absolute Gasteiger partial charge is 0.480 e. The van der Waals surface area contributed by atoms with Crippen molar-refractivity contribution in [2.45, 2.75) is 6.04 Å². The molecule has 1 fully saturated rings. The van der Waals surface area contributed by atoms with Crippen molar-refractivity contribution in [1.82, 2.24) is 9.88 Å². The second kappa shape index (κ2) is 5.03. The normalized spacial score (nSPS) is 18.5. The van der Waals surface area contributed by atoms with E-state index in [1.807, 2.05) is 29.2 Å². The summed E-state index contributed by atoms with van der Waals surface area (Å²) < 4.78 is 5.29. The average molecular weight is 260 g/mol. The van der Waals surface area contributed by atoms with E-state index in [1.54, 1.807) is 6.20 Å². The van der Waals surface area contributed by atoms with Crippen molar-refractivity contribution >= 4 is 16.9 Å². The van der Waals surface area contributed by atoms with Crippen LogP contribution in [0.1, 0.15) is 11.6 Å². The van der Waals surface area contributed by atoms with Crippen LogP contribution in [0, 0.1) is 0 Å². The molecule has 2 N–H and O–H groups in total. The number of H-pyrrole nitrogens is 1. The zero-order valence-electron chi connectivity index (χ0n) is 10.5. The third kappa shape index (κ3) is 2.22. The molecule has 2 heterocycles. The Morgan fingerprint density at radius 2 is 2.05 bits per heavy atom. The van der Waals surface area contributed by atoms with E-state index in [1.165, 1.54) is 0 Å². The number of benzene rings is 1. The molecule has 1 saturated heterocycles. The molecule has 3 rings (SSSR count). The quantitative estimate of drug-likeness (QED) is 0.880. The van der Waals surface area contributed by atoms with Gasteiger partial charge in [0.2, 0.25) is 0 Å². The summed E-state index contributed by atoms with van der Waals surface area (Å²) in [6.07, 6.45) is 1.80. The number of hydrogen-bond acceptors (Lipinski definition) is 3. The van der Waals surface area contributed by atoms with Gasteiger partial charge in [-0.2, -0.15) is 0 Å². The number of hydrogen-bond donors (Lipinski definition) is 2. The predicted molar refractivity (Wildman–Crippen MR) is 71.1 cm³/mol. The number of nitrogens with one attached hydrogen (secondary N) is 1. The fourth-order valence-corrected chi connectivity index (χ4v) is 2.64. The summed E-state index contributed by atoms with van der Waals surface area (Å²) in [6.45, 7) is 2.48. The van der Waals surface area contributed by atoms with Crippen LogP contribution in [0.2, 0.25) is 0 Å². The average Bonchev–Trinajstić information content (AvgIpc) is 2.84. The zero-order valence-corrected chi connectivity index (χ0v) is 10.5. The lowest BCUT2D eigenvalue weighted by Crippen LogP contribution is -2.42. The molecular weight excluding hydrogens is 244 g/mol. The lowest BCUT2D eigenvalue weighted by atomic mass is 10.0. The zero-order chi connectivity index (χ0) is 13.2. The van der Waals surface area contributed by atoms with Crippen molar-refractivity contribution in [2.75, 3.05) is 26.3 Å². The smallest absolute Gasteiger partial charge is 0.325 e. The molecule has 1 aliphatic rings. The summed E-state index contributed by atoms with van der Waals surface area (Å²) in [7, 11) is 0. The highest BCUT2D eigenvalue weighted by Gasteiger charge is 2.30. The van der Waals surface area contributed by atoms with E-state index in [-0.39, 0.29) is 0 Å². The Morgan fingerprint density at radius 3 is 2.79 bits per heavy atom. The van der Waals surface area contributed by atoms with E-state index < -0.39 is 12.0 Å². The van der Waals surface area contributed by atoms with Crippen molar-refractivity contribution < 1.29 is 14.6 Å². The summed E-state index contributed by atoms with van der Waals surface area (Å²) in [5.74, 6) is -0.813. The first kappa shape index (κ1) is 12.2. The van der Waals surface area contributed by atoms with Crippen LogP contribution in [0.4, 0.5) is 0 Å².